The Labute approximate surface area is 164 Å². The van der Waals surface area contributed by atoms with Crippen LogP contribution in [0.15, 0.2) is 53.8 Å². The Morgan fingerprint density at radius 1 is 1.36 bits per heavy atom. The molecular formula is C21H24N4O3. The van der Waals surface area contributed by atoms with Gasteiger partial charge in [-0.05, 0) is 35.6 Å². The molecule has 7 heteroatoms. The number of aromatic nitrogens is 1. The van der Waals surface area contributed by atoms with E-state index >= 15 is 0 Å². The molecule has 146 valence electrons. The summed E-state index contributed by atoms with van der Waals surface area (Å²) in [6.07, 6.45) is 3.84. The Balaban J connectivity index is 1.72. The average Bonchev–Trinajstić information content (AvgIpc) is 2.69. The lowest BCUT2D eigenvalue weighted by molar-refractivity contribution is -0.162. The number of likely N-dealkylation sites (tertiary alicyclic amines) is 1. The second-order valence-electron chi connectivity index (χ2n) is 6.95. The smallest absolute Gasteiger partial charge is 0.235 e. The molecule has 2 amide bonds. The standard InChI is InChI=1S/C21H24N4O3/c1-14(16-6-4-3-5-7-16)10-20(26)25-18(13-24-28-2)17(21(25)27)11-15-8-9-23-19(22)12-15/h3-9,12-14,17-18H,10-11H2,1-2H3,(H2,22,23)/b24-13+/t14-,17+,18+/m0/s1. The van der Waals surface area contributed by atoms with Gasteiger partial charge in [0.05, 0.1) is 18.2 Å². The van der Waals surface area contributed by atoms with Crippen LogP contribution in [-0.2, 0) is 20.8 Å². The fraction of sp³-hybridized carbons (Fsp3) is 0.333. The predicted octanol–water partition coefficient (Wildman–Crippen LogP) is 2.39. The first-order valence-electron chi connectivity index (χ1n) is 9.19. The summed E-state index contributed by atoms with van der Waals surface area (Å²) in [5.41, 5.74) is 7.68. The van der Waals surface area contributed by atoms with Crippen molar-refractivity contribution in [3.05, 3.63) is 59.8 Å². The monoisotopic (exact) mass is 380 g/mol. The van der Waals surface area contributed by atoms with Gasteiger partial charge in [-0.25, -0.2) is 4.98 Å². The van der Waals surface area contributed by atoms with E-state index in [-0.39, 0.29) is 30.1 Å². The molecule has 1 saturated heterocycles. The summed E-state index contributed by atoms with van der Waals surface area (Å²) in [4.78, 5) is 35.6. The Morgan fingerprint density at radius 3 is 2.79 bits per heavy atom. The van der Waals surface area contributed by atoms with Crippen LogP contribution in [0.1, 0.15) is 30.4 Å². The molecule has 7 nitrogen and oxygen atoms in total. The van der Waals surface area contributed by atoms with E-state index in [4.69, 9.17) is 10.6 Å². The molecule has 2 aromatic rings. The van der Waals surface area contributed by atoms with Crippen molar-refractivity contribution in [2.24, 2.45) is 11.1 Å². The third kappa shape index (κ3) is 4.19. The molecule has 0 unspecified atom stereocenters. The number of pyridine rings is 1. The first-order valence-corrected chi connectivity index (χ1v) is 9.19. The largest absolute Gasteiger partial charge is 0.399 e. The third-order valence-electron chi connectivity index (χ3n) is 5.00. The van der Waals surface area contributed by atoms with E-state index in [9.17, 15) is 9.59 Å². The topological polar surface area (TPSA) is 97.9 Å². The van der Waals surface area contributed by atoms with Crippen molar-refractivity contribution < 1.29 is 14.4 Å². The Hall–Kier alpha value is -3.22. The number of hydrogen-bond acceptors (Lipinski definition) is 6. The maximum Gasteiger partial charge on any atom is 0.235 e. The first-order chi connectivity index (χ1) is 13.5. The summed E-state index contributed by atoms with van der Waals surface area (Å²) < 4.78 is 0. The van der Waals surface area contributed by atoms with Gasteiger partial charge in [0.1, 0.15) is 12.9 Å². The number of carbonyl (C=O) groups is 2. The first kappa shape index (κ1) is 19.5. The van der Waals surface area contributed by atoms with Crippen LogP contribution in [0.3, 0.4) is 0 Å². The van der Waals surface area contributed by atoms with Gasteiger partial charge in [-0.3, -0.25) is 14.5 Å². The molecule has 1 aliphatic rings. The summed E-state index contributed by atoms with van der Waals surface area (Å²) in [5, 5.41) is 3.80. The SMILES string of the molecule is CO/N=C/[C@@H]1[C@@H](Cc2ccnc(N)c2)C(=O)N1C(=O)C[C@H](C)c1ccccc1. The van der Waals surface area contributed by atoms with Crippen molar-refractivity contribution in [3.63, 3.8) is 0 Å². The number of anilines is 1. The Kier molecular flexibility index (Phi) is 6.03. The summed E-state index contributed by atoms with van der Waals surface area (Å²) in [6.45, 7) is 1.98. The van der Waals surface area contributed by atoms with Gasteiger partial charge in [0.15, 0.2) is 0 Å². The van der Waals surface area contributed by atoms with E-state index in [1.54, 1.807) is 12.3 Å². The highest BCUT2D eigenvalue weighted by atomic mass is 16.6. The molecule has 0 saturated carbocycles. The molecule has 1 aliphatic heterocycles. The van der Waals surface area contributed by atoms with Crippen molar-refractivity contribution in [2.45, 2.75) is 31.7 Å². The highest BCUT2D eigenvalue weighted by Gasteiger charge is 2.49. The minimum absolute atomic E-state index is 0.0144. The predicted molar refractivity (Wildman–Crippen MR) is 106 cm³/mol. The minimum atomic E-state index is -0.433. The molecular weight excluding hydrogens is 356 g/mol. The number of nitrogens with two attached hydrogens (primary N) is 1. The van der Waals surface area contributed by atoms with Crippen LogP contribution in [0.2, 0.25) is 0 Å². The van der Waals surface area contributed by atoms with Gasteiger partial charge >= 0.3 is 0 Å². The summed E-state index contributed by atoms with van der Waals surface area (Å²) in [7, 11) is 1.43. The molecule has 1 fully saturated rings. The van der Waals surface area contributed by atoms with Crippen LogP contribution < -0.4 is 5.73 Å². The zero-order chi connectivity index (χ0) is 20.1. The summed E-state index contributed by atoms with van der Waals surface area (Å²) in [5.74, 6) is -0.374. The number of oxime groups is 1. The summed E-state index contributed by atoms with van der Waals surface area (Å²) >= 11 is 0. The number of nitrogen functional groups attached to an aromatic ring is 1. The van der Waals surface area contributed by atoms with Gasteiger partial charge in [0, 0.05) is 12.6 Å². The lowest BCUT2D eigenvalue weighted by atomic mass is 9.82. The molecule has 28 heavy (non-hydrogen) atoms. The molecule has 3 atom stereocenters. The minimum Gasteiger partial charge on any atom is -0.399 e. The van der Waals surface area contributed by atoms with Crippen molar-refractivity contribution in [3.8, 4) is 0 Å². The molecule has 0 aliphatic carbocycles. The van der Waals surface area contributed by atoms with Crippen LogP contribution in [0.4, 0.5) is 5.82 Å². The third-order valence-corrected chi connectivity index (χ3v) is 5.00. The molecule has 2 N–H and O–H groups in total. The molecule has 0 bridgehead atoms. The zero-order valence-corrected chi connectivity index (χ0v) is 16.0. The Bertz CT molecular complexity index is 869. The number of rotatable bonds is 7. The number of hydrogen-bond donors (Lipinski definition) is 1. The quantitative estimate of drug-likeness (QED) is 0.452. The van der Waals surface area contributed by atoms with E-state index in [0.717, 1.165) is 11.1 Å². The van der Waals surface area contributed by atoms with Crippen molar-refractivity contribution in [1.82, 2.24) is 9.88 Å². The fourth-order valence-electron chi connectivity index (χ4n) is 3.50. The molecule has 3 rings (SSSR count). The number of nitrogens with zero attached hydrogens (tertiary/aromatic N) is 3. The van der Waals surface area contributed by atoms with Crippen molar-refractivity contribution >= 4 is 23.8 Å². The Morgan fingerprint density at radius 2 is 2.11 bits per heavy atom. The second-order valence-corrected chi connectivity index (χ2v) is 6.95. The van der Waals surface area contributed by atoms with Gasteiger partial charge in [-0.15, -0.1) is 0 Å². The van der Waals surface area contributed by atoms with Gasteiger partial charge < -0.3 is 10.6 Å². The van der Waals surface area contributed by atoms with Crippen LogP contribution in [0.5, 0.6) is 0 Å². The lowest BCUT2D eigenvalue weighted by Crippen LogP contribution is -2.64. The van der Waals surface area contributed by atoms with E-state index in [2.05, 4.69) is 10.1 Å². The average molecular weight is 380 g/mol. The number of β-lactam (4-membered cyclic amide) rings is 1. The molecule has 2 heterocycles. The normalized spacial score (nSPS) is 20.1. The highest BCUT2D eigenvalue weighted by Crippen LogP contribution is 2.32. The zero-order valence-electron chi connectivity index (χ0n) is 16.0. The van der Waals surface area contributed by atoms with Crippen LogP contribution in [-0.4, -0.2) is 41.1 Å². The molecule has 1 aromatic heterocycles. The van der Waals surface area contributed by atoms with E-state index in [1.165, 1.54) is 18.2 Å². The van der Waals surface area contributed by atoms with Crippen LogP contribution >= 0.6 is 0 Å². The number of imide groups is 1. The maximum absolute atomic E-state index is 12.8. The van der Waals surface area contributed by atoms with Gasteiger partial charge in [-0.2, -0.15) is 0 Å². The van der Waals surface area contributed by atoms with Crippen molar-refractivity contribution in [1.29, 1.82) is 0 Å². The van der Waals surface area contributed by atoms with E-state index < -0.39 is 6.04 Å². The maximum atomic E-state index is 12.8. The summed E-state index contributed by atoms with van der Waals surface area (Å²) in [6, 6.07) is 12.9. The number of amides is 2. The lowest BCUT2D eigenvalue weighted by Gasteiger charge is -2.44. The van der Waals surface area contributed by atoms with E-state index in [0.29, 0.717) is 12.2 Å². The highest BCUT2D eigenvalue weighted by molar-refractivity contribution is 6.06. The van der Waals surface area contributed by atoms with Crippen LogP contribution in [0.25, 0.3) is 0 Å². The van der Waals surface area contributed by atoms with E-state index in [1.807, 2.05) is 43.3 Å². The number of carbonyl (C=O) groups excluding carboxylic acids is 2. The van der Waals surface area contributed by atoms with Gasteiger partial charge in [0.25, 0.3) is 0 Å². The van der Waals surface area contributed by atoms with Gasteiger partial charge in [0.2, 0.25) is 11.8 Å². The van der Waals surface area contributed by atoms with Crippen LogP contribution in [0, 0.1) is 5.92 Å². The second kappa shape index (κ2) is 8.65. The number of benzene rings is 1. The molecule has 0 spiro atoms. The van der Waals surface area contributed by atoms with Gasteiger partial charge in [-0.1, -0.05) is 42.4 Å². The molecule has 0 radical (unpaired) electrons. The molecule has 1 aromatic carbocycles. The van der Waals surface area contributed by atoms with Crippen molar-refractivity contribution in [2.75, 3.05) is 12.8 Å². The fourth-order valence-corrected chi connectivity index (χ4v) is 3.50.